The first-order valence-electron chi connectivity index (χ1n) is 23.7. The molecule has 0 saturated heterocycles. The zero-order chi connectivity index (χ0) is 45.9. The van der Waals surface area contributed by atoms with E-state index in [-0.39, 0.29) is 0 Å². The van der Waals surface area contributed by atoms with Crippen molar-refractivity contribution >= 4 is 107 Å². The number of benzene rings is 10. The molecule has 0 N–H and O–H groups in total. The summed E-state index contributed by atoms with van der Waals surface area (Å²) >= 11 is 1.86. The lowest BCUT2D eigenvalue weighted by molar-refractivity contribution is 1.16. The van der Waals surface area contributed by atoms with E-state index in [2.05, 4.69) is 211 Å². The highest BCUT2D eigenvalue weighted by molar-refractivity contribution is 7.25. The van der Waals surface area contributed by atoms with E-state index in [1.165, 1.54) is 85.5 Å². The Morgan fingerprint density at radius 2 is 0.843 bits per heavy atom. The molecule has 0 radical (unpaired) electrons. The monoisotopic (exact) mass is 906 g/mol. The van der Waals surface area contributed by atoms with Crippen molar-refractivity contribution in [3.8, 4) is 50.5 Å². The Bertz CT molecular complexity index is 4550. The molecule has 15 aromatic rings. The van der Waals surface area contributed by atoms with Crippen LogP contribution in [0.3, 0.4) is 0 Å². The second-order valence-corrected chi connectivity index (χ2v) is 19.4. The smallest absolute Gasteiger partial charge is 0.0795 e. The van der Waals surface area contributed by atoms with E-state index >= 15 is 0 Å². The number of thiophene rings is 1. The highest BCUT2D eigenvalue weighted by atomic mass is 32.1. The van der Waals surface area contributed by atoms with E-state index in [0.29, 0.717) is 0 Å². The SMILES string of the molecule is c1ccc(-c2ccc3c(c2)c2cc4c5ccc(-c6ccc7sc8ccccc8c7c6)cc5c5ccccc5c4cc2n3-c2cc(-c3cccc4cccnc34)nc(-c3cccc4cccnc34)c2)cc1. The average molecular weight is 907 g/mol. The highest BCUT2D eigenvalue weighted by Gasteiger charge is 2.21. The van der Waals surface area contributed by atoms with Gasteiger partial charge < -0.3 is 4.57 Å². The van der Waals surface area contributed by atoms with Gasteiger partial charge in [-0.3, -0.25) is 9.97 Å². The van der Waals surface area contributed by atoms with Crippen molar-refractivity contribution in [2.75, 3.05) is 0 Å². The molecule has 0 saturated carbocycles. The van der Waals surface area contributed by atoms with Crippen molar-refractivity contribution < 1.29 is 0 Å². The Labute approximate surface area is 406 Å². The van der Waals surface area contributed by atoms with Crippen LogP contribution in [0.4, 0.5) is 0 Å². The summed E-state index contributed by atoms with van der Waals surface area (Å²) in [4.78, 5) is 15.3. The predicted octanol–water partition coefficient (Wildman–Crippen LogP) is 17.8. The summed E-state index contributed by atoms with van der Waals surface area (Å²) in [5, 5.41) is 14.5. The molecule has 0 aliphatic carbocycles. The minimum atomic E-state index is 0.847. The molecule has 4 nitrogen and oxygen atoms in total. The Balaban J connectivity index is 1.02. The zero-order valence-electron chi connectivity index (χ0n) is 37.6. The van der Waals surface area contributed by atoms with Gasteiger partial charge in [-0.2, -0.15) is 0 Å². The van der Waals surface area contributed by atoms with E-state index < -0.39 is 0 Å². The molecule has 15 rings (SSSR count). The molecule has 324 valence electrons. The van der Waals surface area contributed by atoms with Crippen LogP contribution in [0.15, 0.2) is 231 Å². The van der Waals surface area contributed by atoms with Gasteiger partial charge in [0.25, 0.3) is 0 Å². The largest absolute Gasteiger partial charge is 0.309 e. The van der Waals surface area contributed by atoms with Crippen LogP contribution in [0, 0.1) is 0 Å². The maximum Gasteiger partial charge on any atom is 0.0795 e. The molecule has 5 aromatic heterocycles. The summed E-state index contributed by atoms with van der Waals surface area (Å²) < 4.78 is 5.09. The van der Waals surface area contributed by atoms with Gasteiger partial charge in [0, 0.05) is 65.2 Å². The zero-order valence-corrected chi connectivity index (χ0v) is 38.5. The maximum absolute atomic E-state index is 5.48. The van der Waals surface area contributed by atoms with Crippen LogP contribution in [0.2, 0.25) is 0 Å². The quantitative estimate of drug-likeness (QED) is 0.162. The fourth-order valence-electron chi connectivity index (χ4n) is 11.2. The summed E-state index contributed by atoms with van der Waals surface area (Å²) in [5.41, 5.74) is 13.5. The standard InChI is InChI=1S/C65H38N4S/c1-2-12-39(13-3-1)42-25-28-60-55(33-42)56-37-53-48-27-24-43(44-26-29-63-57(34-44)49-20-6-7-23-62(49)70-63)32-52(48)46-18-4-5-19-47(46)54(53)38-61(56)69(60)45-35-58(50-21-8-14-40-16-10-30-66-64(40)50)68-59(36-45)51-22-9-15-41-17-11-31-67-65(41)51/h1-38H. The van der Waals surface area contributed by atoms with E-state index in [4.69, 9.17) is 15.0 Å². The first-order valence-corrected chi connectivity index (χ1v) is 24.5. The third kappa shape index (κ3) is 5.98. The lowest BCUT2D eigenvalue weighted by atomic mass is 9.91. The van der Waals surface area contributed by atoms with Crippen LogP contribution < -0.4 is 0 Å². The second-order valence-electron chi connectivity index (χ2n) is 18.3. The molecule has 0 aliphatic heterocycles. The number of pyridine rings is 3. The van der Waals surface area contributed by atoms with Crippen molar-refractivity contribution in [2.24, 2.45) is 0 Å². The van der Waals surface area contributed by atoms with Gasteiger partial charge in [0.1, 0.15) is 0 Å². The van der Waals surface area contributed by atoms with Crippen LogP contribution in [0.5, 0.6) is 0 Å². The lowest BCUT2D eigenvalue weighted by Gasteiger charge is -2.16. The summed E-state index contributed by atoms with van der Waals surface area (Å²) in [7, 11) is 0. The molecule has 0 fully saturated rings. The van der Waals surface area contributed by atoms with Gasteiger partial charge in [-0.05, 0) is 127 Å². The molecule has 0 unspecified atom stereocenters. The predicted molar refractivity (Wildman–Crippen MR) is 296 cm³/mol. The minimum Gasteiger partial charge on any atom is -0.309 e. The number of fused-ring (bicyclic) bond motifs is 14. The van der Waals surface area contributed by atoms with Gasteiger partial charge in [0.15, 0.2) is 0 Å². The average Bonchev–Trinajstić information content (AvgIpc) is 3.97. The number of hydrogen-bond donors (Lipinski definition) is 0. The van der Waals surface area contributed by atoms with Crippen LogP contribution in [-0.2, 0) is 0 Å². The third-order valence-corrected chi connectivity index (χ3v) is 15.6. The summed E-state index contributed by atoms with van der Waals surface area (Å²) in [6.07, 6.45) is 3.74. The fraction of sp³-hybridized carbons (Fsp3) is 0. The molecule has 70 heavy (non-hydrogen) atoms. The van der Waals surface area contributed by atoms with Crippen LogP contribution in [0.25, 0.3) is 147 Å². The topological polar surface area (TPSA) is 43.6 Å². The van der Waals surface area contributed by atoms with Gasteiger partial charge in [-0.1, -0.05) is 146 Å². The number of rotatable bonds is 5. The Hall–Kier alpha value is -9.03. The minimum absolute atomic E-state index is 0.847. The van der Waals surface area contributed by atoms with Crippen molar-refractivity contribution in [3.63, 3.8) is 0 Å². The Morgan fingerprint density at radius 3 is 1.57 bits per heavy atom. The molecule has 0 amide bonds. The molecular weight excluding hydrogens is 869 g/mol. The van der Waals surface area contributed by atoms with E-state index in [1.807, 2.05) is 35.9 Å². The molecule has 0 spiro atoms. The van der Waals surface area contributed by atoms with Crippen LogP contribution in [0.1, 0.15) is 0 Å². The van der Waals surface area contributed by atoms with Gasteiger partial charge in [0.05, 0.1) is 39.1 Å². The number of nitrogens with zero attached hydrogens (tertiary/aromatic N) is 4. The van der Waals surface area contributed by atoms with Gasteiger partial charge in [-0.15, -0.1) is 11.3 Å². The van der Waals surface area contributed by atoms with Crippen molar-refractivity contribution in [1.29, 1.82) is 0 Å². The van der Waals surface area contributed by atoms with Crippen molar-refractivity contribution in [1.82, 2.24) is 19.5 Å². The van der Waals surface area contributed by atoms with Gasteiger partial charge in [0.2, 0.25) is 0 Å². The van der Waals surface area contributed by atoms with Crippen LogP contribution in [-0.4, -0.2) is 19.5 Å². The first-order chi connectivity index (χ1) is 34.7. The molecule has 10 aromatic carbocycles. The number of hydrogen-bond acceptors (Lipinski definition) is 4. The Morgan fingerprint density at radius 1 is 0.314 bits per heavy atom. The maximum atomic E-state index is 5.48. The molecule has 5 heterocycles. The lowest BCUT2D eigenvalue weighted by Crippen LogP contribution is -1.99. The van der Waals surface area contributed by atoms with Gasteiger partial charge in [-0.25, -0.2) is 4.98 Å². The molecule has 0 atom stereocenters. The normalized spacial score (nSPS) is 12.0. The summed E-state index contributed by atoms with van der Waals surface area (Å²) in [6.45, 7) is 0. The fourth-order valence-corrected chi connectivity index (χ4v) is 12.3. The second kappa shape index (κ2) is 15.2. The van der Waals surface area contributed by atoms with Crippen LogP contribution >= 0.6 is 11.3 Å². The number of aromatic nitrogens is 4. The molecule has 0 bridgehead atoms. The van der Waals surface area contributed by atoms with Crippen molar-refractivity contribution in [3.05, 3.63) is 231 Å². The highest BCUT2D eigenvalue weighted by Crippen LogP contribution is 2.45. The summed E-state index contributed by atoms with van der Waals surface area (Å²) in [5.74, 6) is 0. The van der Waals surface area contributed by atoms with E-state index in [9.17, 15) is 0 Å². The molecular formula is C65H38N4S. The third-order valence-electron chi connectivity index (χ3n) is 14.4. The van der Waals surface area contributed by atoms with Gasteiger partial charge >= 0.3 is 0 Å². The van der Waals surface area contributed by atoms with E-state index in [1.54, 1.807) is 0 Å². The molecule has 5 heteroatoms. The number of para-hydroxylation sites is 2. The van der Waals surface area contributed by atoms with E-state index in [0.717, 1.165) is 61.0 Å². The summed E-state index contributed by atoms with van der Waals surface area (Å²) in [6, 6.07) is 79.7. The Kier molecular flexibility index (Phi) is 8.49. The molecule has 0 aliphatic rings. The van der Waals surface area contributed by atoms with Crippen molar-refractivity contribution in [2.45, 2.75) is 0 Å². The first kappa shape index (κ1) is 39.0.